The van der Waals surface area contributed by atoms with Gasteiger partial charge in [0.1, 0.15) is 0 Å². The van der Waals surface area contributed by atoms with Crippen molar-refractivity contribution in [1.29, 1.82) is 0 Å². The highest BCUT2D eigenvalue weighted by atomic mass is 16.5. The van der Waals surface area contributed by atoms with Gasteiger partial charge < -0.3 is 19.3 Å². The minimum absolute atomic E-state index is 0.0952. The Morgan fingerprint density at radius 3 is 3.00 bits per heavy atom. The first kappa shape index (κ1) is 11.3. The van der Waals surface area contributed by atoms with Crippen molar-refractivity contribution in [3.05, 3.63) is 0 Å². The first-order chi connectivity index (χ1) is 6.63. The molecule has 14 heavy (non-hydrogen) atoms. The normalized spacial score (nSPS) is 23.2. The zero-order valence-electron chi connectivity index (χ0n) is 9.02. The molecule has 5 heteroatoms. The Balaban J connectivity index is 2.32. The second-order valence-corrected chi connectivity index (χ2v) is 3.61. The molecule has 5 nitrogen and oxygen atoms in total. The van der Waals surface area contributed by atoms with Gasteiger partial charge in [-0.15, -0.1) is 0 Å². The van der Waals surface area contributed by atoms with E-state index in [0.29, 0.717) is 6.54 Å². The van der Waals surface area contributed by atoms with Gasteiger partial charge in [-0.2, -0.15) is 0 Å². The maximum absolute atomic E-state index is 11.1. The summed E-state index contributed by atoms with van der Waals surface area (Å²) in [6.07, 6.45) is -0.223. The van der Waals surface area contributed by atoms with Gasteiger partial charge in [0.2, 0.25) is 0 Å². The molecule has 1 aliphatic rings. The fraction of sp³-hybridized carbons (Fsp3) is 0.889. The van der Waals surface area contributed by atoms with Crippen molar-refractivity contribution in [2.24, 2.45) is 0 Å². The molecule has 1 amide bonds. The predicted molar refractivity (Wildman–Crippen MR) is 52.3 cm³/mol. The molecule has 0 aliphatic carbocycles. The van der Waals surface area contributed by atoms with Crippen LogP contribution in [0.4, 0.5) is 4.79 Å². The number of hydrogen-bond donors (Lipinski definition) is 0. The smallest absolute Gasteiger partial charge is 0.409 e. The molecule has 1 atom stereocenters. The SMILES string of the molecule is COC(=O)N(C)CC1CN(C)CCO1. The van der Waals surface area contributed by atoms with Crippen LogP contribution in [-0.4, -0.2) is 69.4 Å². The van der Waals surface area contributed by atoms with Gasteiger partial charge in [0, 0.05) is 20.1 Å². The van der Waals surface area contributed by atoms with Crippen LogP contribution in [0.25, 0.3) is 0 Å². The molecule has 0 aromatic carbocycles. The number of likely N-dealkylation sites (N-methyl/N-ethyl adjacent to an activating group) is 2. The zero-order valence-corrected chi connectivity index (χ0v) is 9.02. The molecule has 1 saturated heterocycles. The van der Waals surface area contributed by atoms with Gasteiger partial charge in [-0.1, -0.05) is 0 Å². The van der Waals surface area contributed by atoms with E-state index in [1.54, 1.807) is 7.05 Å². The Morgan fingerprint density at radius 2 is 2.43 bits per heavy atom. The van der Waals surface area contributed by atoms with E-state index >= 15 is 0 Å². The minimum atomic E-state index is -0.318. The van der Waals surface area contributed by atoms with Crippen LogP contribution in [0, 0.1) is 0 Å². The van der Waals surface area contributed by atoms with E-state index in [2.05, 4.69) is 9.64 Å². The second kappa shape index (κ2) is 5.17. The number of nitrogens with zero attached hydrogens (tertiary/aromatic N) is 2. The molecule has 0 saturated carbocycles. The van der Waals surface area contributed by atoms with E-state index in [-0.39, 0.29) is 12.2 Å². The van der Waals surface area contributed by atoms with Crippen LogP contribution in [0.3, 0.4) is 0 Å². The van der Waals surface area contributed by atoms with E-state index in [4.69, 9.17) is 4.74 Å². The molecule has 0 radical (unpaired) electrons. The Hall–Kier alpha value is -0.810. The minimum Gasteiger partial charge on any atom is -0.453 e. The largest absolute Gasteiger partial charge is 0.453 e. The van der Waals surface area contributed by atoms with E-state index in [1.165, 1.54) is 12.0 Å². The van der Waals surface area contributed by atoms with Crippen molar-refractivity contribution >= 4 is 6.09 Å². The highest BCUT2D eigenvalue weighted by Crippen LogP contribution is 2.04. The summed E-state index contributed by atoms with van der Waals surface area (Å²) in [4.78, 5) is 14.8. The molecule has 0 bridgehead atoms. The van der Waals surface area contributed by atoms with E-state index < -0.39 is 0 Å². The molecule has 82 valence electrons. The monoisotopic (exact) mass is 202 g/mol. The molecular weight excluding hydrogens is 184 g/mol. The summed E-state index contributed by atoms with van der Waals surface area (Å²) in [5, 5.41) is 0. The topological polar surface area (TPSA) is 42.0 Å². The number of amides is 1. The molecular formula is C9H18N2O3. The fourth-order valence-corrected chi connectivity index (χ4v) is 1.51. The second-order valence-electron chi connectivity index (χ2n) is 3.61. The first-order valence-electron chi connectivity index (χ1n) is 4.72. The summed E-state index contributed by atoms with van der Waals surface area (Å²) in [6, 6.07) is 0. The van der Waals surface area contributed by atoms with Crippen LogP contribution in [0.2, 0.25) is 0 Å². The lowest BCUT2D eigenvalue weighted by atomic mass is 10.3. The van der Waals surface area contributed by atoms with Gasteiger partial charge in [0.05, 0.1) is 26.4 Å². The lowest BCUT2D eigenvalue weighted by Crippen LogP contribution is -2.46. The molecule has 0 aromatic rings. The summed E-state index contributed by atoms with van der Waals surface area (Å²) >= 11 is 0. The number of hydrogen-bond acceptors (Lipinski definition) is 4. The van der Waals surface area contributed by atoms with Crippen LogP contribution < -0.4 is 0 Å². The van der Waals surface area contributed by atoms with E-state index in [9.17, 15) is 4.79 Å². The predicted octanol–water partition coefficient (Wildman–Crippen LogP) is 0.0152. The number of morpholine rings is 1. The molecule has 0 N–H and O–H groups in total. The molecule has 1 fully saturated rings. The maximum atomic E-state index is 11.1. The van der Waals surface area contributed by atoms with Crippen LogP contribution in [-0.2, 0) is 9.47 Å². The standard InChI is InChI=1S/C9H18N2O3/c1-10-4-5-14-8(6-10)7-11(2)9(12)13-3/h8H,4-7H2,1-3H3. The third-order valence-corrected chi connectivity index (χ3v) is 2.31. The fourth-order valence-electron chi connectivity index (χ4n) is 1.51. The number of carbonyl (C=O) groups excluding carboxylic acids is 1. The number of rotatable bonds is 2. The highest BCUT2D eigenvalue weighted by molar-refractivity contribution is 5.66. The maximum Gasteiger partial charge on any atom is 0.409 e. The molecule has 1 rings (SSSR count). The average Bonchev–Trinajstić information content (AvgIpc) is 2.16. The highest BCUT2D eigenvalue weighted by Gasteiger charge is 2.21. The van der Waals surface area contributed by atoms with Crippen molar-refractivity contribution in [2.75, 3.05) is 47.4 Å². The van der Waals surface area contributed by atoms with Crippen LogP contribution in [0.1, 0.15) is 0 Å². The number of ether oxygens (including phenoxy) is 2. The lowest BCUT2D eigenvalue weighted by Gasteiger charge is -2.32. The summed E-state index contributed by atoms with van der Waals surface area (Å²) in [5.41, 5.74) is 0. The Morgan fingerprint density at radius 1 is 1.71 bits per heavy atom. The van der Waals surface area contributed by atoms with Gasteiger partial charge in [-0.05, 0) is 7.05 Å². The van der Waals surface area contributed by atoms with Gasteiger partial charge in [-0.25, -0.2) is 4.79 Å². The number of methoxy groups -OCH3 is 1. The Labute approximate surface area is 84.6 Å². The van der Waals surface area contributed by atoms with Crippen LogP contribution in [0.15, 0.2) is 0 Å². The summed E-state index contributed by atoms with van der Waals surface area (Å²) in [7, 11) is 5.14. The zero-order chi connectivity index (χ0) is 10.6. The van der Waals surface area contributed by atoms with Gasteiger partial charge in [0.25, 0.3) is 0 Å². The van der Waals surface area contributed by atoms with E-state index in [0.717, 1.165) is 19.7 Å². The van der Waals surface area contributed by atoms with Gasteiger partial charge >= 0.3 is 6.09 Å². The van der Waals surface area contributed by atoms with Crippen molar-refractivity contribution in [3.63, 3.8) is 0 Å². The molecule has 0 aromatic heterocycles. The Bertz CT molecular complexity index is 198. The summed E-state index contributed by atoms with van der Waals surface area (Å²) < 4.78 is 10.1. The van der Waals surface area contributed by atoms with Crippen molar-refractivity contribution in [1.82, 2.24) is 9.80 Å². The number of carbonyl (C=O) groups is 1. The van der Waals surface area contributed by atoms with Crippen molar-refractivity contribution in [3.8, 4) is 0 Å². The third kappa shape index (κ3) is 3.16. The van der Waals surface area contributed by atoms with E-state index in [1.807, 2.05) is 7.05 Å². The van der Waals surface area contributed by atoms with Gasteiger partial charge in [-0.3, -0.25) is 0 Å². The van der Waals surface area contributed by atoms with Gasteiger partial charge in [0.15, 0.2) is 0 Å². The average molecular weight is 202 g/mol. The van der Waals surface area contributed by atoms with Crippen molar-refractivity contribution < 1.29 is 14.3 Å². The molecule has 1 aliphatic heterocycles. The van der Waals surface area contributed by atoms with Crippen LogP contribution >= 0.6 is 0 Å². The summed E-state index contributed by atoms with van der Waals surface area (Å²) in [6.45, 7) is 3.13. The lowest BCUT2D eigenvalue weighted by molar-refractivity contribution is -0.0311. The molecule has 1 heterocycles. The van der Waals surface area contributed by atoms with Crippen LogP contribution in [0.5, 0.6) is 0 Å². The Kier molecular flexibility index (Phi) is 4.16. The first-order valence-corrected chi connectivity index (χ1v) is 4.72. The summed E-state index contributed by atoms with van der Waals surface area (Å²) in [5.74, 6) is 0. The molecule has 0 spiro atoms. The third-order valence-electron chi connectivity index (χ3n) is 2.31. The molecule has 1 unspecified atom stereocenters. The van der Waals surface area contributed by atoms with Crippen molar-refractivity contribution in [2.45, 2.75) is 6.10 Å². The quantitative estimate of drug-likeness (QED) is 0.633.